The van der Waals surface area contributed by atoms with Crippen LogP contribution in [0.2, 0.25) is 0 Å². The highest BCUT2D eigenvalue weighted by Gasteiger charge is 2.21. The summed E-state index contributed by atoms with van der Waals surface area (Å²) in [7, 11) is 1.81. The summed E-state index contributed by atoms with van der Waals surface area (Å²) < 4.78 is 5.70. The molecule has 5 nitrogen and oxygen atoms in total. The van der Waals surface area contributed by atoms with Crippen LogP contribution in [0.3, 0.4) is 0 Å². The van der Waals surface area contributed by atoms with E-state index in [0.29, 0.717) is 17.3 Å². The Balaban J connectivity index is 1.73. The number of likely N-dealkylation sites (N-methyl/N-ethyl adjacent to an activating group) is 1. The summed E-state index contributed by atoms with van der Waals surface area (Å²) in [5.41, 5.74) is 2.69. The fraction of sp³-hybridized carbons (Fsp3) is 0.278. The van der Waals surface area contributed by atoms with E-state index in [-0.39, 0.29) is 18.4 Å². The molecule has 0 N–H and O–H groups in total. The topological polar surface area (TPSA) is 59.2 Å². The van der Waals surface area contributed by atoms with Crippen LogP contribution in [0.15, 0.2) is 45.8 Å². The number of hydrogen-bond donors (Lipinski definition) is 0. The predicted octanol–water partition coefficient (Wildman–Crippen LogP) is 3.87. The molecule has 0 aliphatic heterocycles. The van der Waals surface area contributed by atoms with E-state index >= 15 is 0 Å². The second kappa shape index (κ2) is 6.97. The number of carbonyl (C=O) groups is 1. The Labute approximate surface area is 145 Å². The zero-order chi connectivity index (χ0) is 17.1. The van der Waals surface area contributed by atoms with Crippen molar-refractivity contribution in [2.75, 3.05) is 7.05 Å². The monoisotopic (exact) mass is 341 g/mol. The van der Waals surface area contributed by atoms with Crippen LogP contribution in [0, 0.1) is 6.92 Å². The maximum atomic E-state index is 12.6. The second-order valence-electron chi connectivity index (χ2n) is 5.67. The highest BCUT2D eigenvalue weighted by Crippen LogP contribution is 2.25. The van der Waals surface area contributed by atoms with Gasteiger partial charge in [0, 0.05) is 30.4 Å². The summed E-state index contributed by atoms with van der Waals surface area (Å²) in [4.78, 5) is 22.8. The van der Waals surface area contributed by atoms with Crippen molar-refractivity contribution in [2.45, 2.75) is 26.3 Å². The van der Waals surface area contributed by atoms with Crippen molar-refractivity contribution in [3.8, 4) is 11.5 Å². The van der Waals surface area contributed by atoms with E-state index < -0.39 is 0 Å². The number of pyridine rings is 1. The smallest absolute Gasteiger partial charge is 0.228 e. The lowest BCUT2D eigenvalue weighted by Crippen LogP contribution is -2.31. The minimum absolute atomic E-state index is 0.00702. The molecule has 0 saturated carbocycles. The van der Waals surface area contributed by atoms with Gasteiger partial charge in [-0.15, -0.1) is 0 Å². The Hall–Kier alpha value is -2.47. The molecule has 6 heteroatoms. The van der Waals surface area contributed by atoms with Crippen molar-refractivity contribution in [1.29, 1.82) is 0 Å². The number of nitrogens with zero attached hydrogens (tertiary/aromatic N) is 3. The van der Waals surface area contributed by atoms with E-state index in [1.54, 1.807) is 28.6 Å². The van der Waals surface area contributed by atoms with E-state index in [1.807, 2.05) is 49.9 Å². The molecule has 3 aromatic rings. The molecule has 124 valence electrons. The fourth-order valence-electron chi connectivity index (χ4n) is 2.45. The Bertz CT molecular complexity index is 812. The van der Waals surface area contributed by atoms with Gasteiger partial charge in [0.15, 0.2) is 0 Å². The van der Waals surface area contributed by atoms with Gasteiger partial charge in [-0.05, 0) is 43.0 Å². The zero-order valence-electron chi connectivity index (χ0n) is 13.9. The van der Waals surface area contributed by atoms with Gasteiger partial charge in [0.2, 0.25) is 11.8 Å². The predicted molar refractivity (Wildman–Crippen MR) is 93.7 cm³/mol. The summed E-state index contributed by atoms with van der Waals surface area (Å²) in [5, 5.41) is 3.96. The number of oxazole rings is 1. The van der Waals surface area contributed by atoms with Crippen LogP contribution in [-0.4, -0.2) is 27.8 Å². The molecule has 0 aromatic carbocycles. The molecule has 1 amide bonds. The normalized spacial score (nSPS) is 12.1. The van der Waals surface area contributed by atoms with Crippen LogP contribution in [0.4, 0.5) is 0 Å². The number of thiophene rings is 1. The van der Waals surface area contributed by atoms with Crippen LogP contribution in [0.25, 0.3) is 11.5 Å². The molecule has 24 heavy (non-hydrogen) atoms. The molecule has 1 atom stereocenters. The highest BCUT2D eigenvalue weighted by molar-refractivity contribution is 7.08. The second-order valence-corrected chi connectivity index (χ2v) is 6.45. The Morgan fingerprint density at radius 1 is 1.33 bits per heavy atom. The van der Waals surface area contributed by atoms with Gasteiger partial charge in [0.05, 0.1) is 18.2 Å². The van der Waals surface area contributed by atoms with Gasteiger partial charge >= 0.3 is 0 Å². The Morgan fingerprint density at radius 2 is 2.08 bits per heavy atom. The summed E-state index contributed by atoms with van der Waals surface area (Å²) in [6.07, 6.45) is 3.70. The first-order valence-corrected chi connectivity index (χ1v) is 8.65. The maximum Gasteiger partial charge on any atom is 0.228 e. The van der Waals surface area contributed by atoms with E-state index in [9.17, 15) is 4.79 Å². The number of hydrogen-bond acceptors (Lipinski definition) is 5. The lowest BCUT2D eigenvalue weighted by Gasteiger charge is -2.25. The van der Waals surface area contributed by atoms with Crippen LogP contribution >= 0.6 is 11.3 Å². The third kappa shape index (κ3) is 3.38. The zero-order valence-corrected chi connectivity index (χ0v) is 14.7. The van der Waals surface area contributed by atoms with Crippen LogP contribution in [0.1, 0.15) is 30.0 Å². The number of carbonyl (C=O) groups excluding carboxylic acids is 1. The van der Waals surface area contributed by atoms with Crippen molar-refractivity contribution in [1.82, 2.24) is 14.9 Å². The molecule has 3 heterocycles. The molecule has 0 radical (unpaired) electrons. The standard InChI is InChI=1S/C18H19N3O2S/c1-12(14-4-7-19-8-5-14)21(3)17(22)10-16-13(2)23-18(20-16)15-6-9-24-11-15/h4-9,11-12H,10H2,1-3H3/t12-/m1/s1. The van der Waals surface area contributed by atoms with E-state index in [1.165, 1.54) is 0 Å². The Morgan fingerprint density at radius 3 is 2.75 bits per heavy atom. The average Bonchev–Trinajstić information content (AvgIpc) is 3.24. The van der Waals surface area contributed by atoms with Crippen LogP contribution in [-0.2, 0) is 11.2 Å². The first kappa shape index (κ1) is 16.4. The summed E-state index contributed by atoms with van der Waals surface area (Å²) in [6, 6.07) is 5.78. The van der Waals surface area contributed by atoms with Crippen LogP contribution < -0.4 is 0 Å². The quantitative estimate of drug-likeness (QED) is 0.707. The van der Waals surface area contributed by atoms with Gasteiger partial charge in [-0.3, -0.25) is 9.78 Å². The van der Waals surface area contributed by atoms with Gasteiger partial charge in [-0.25, -0.2) is 4.98 Å². The van der Waals surface area contributed by atoms with Crippen molar-refractivity contribution in [3.63, 3.8) is 0 Å². The summed E-state index contributed by atoms with van der Waals surface area (Å²) in [5.74, 6) is 1.27. The maximum absolute atomic E-state index is 12.6. The minimum Gasteiger partial charge on any atom is -0.441 e. The third-order valence-corrected chi connectivity index (χ3v) is 4.83. The number of amides is 1. The molecule has 3 aromatic heterocycles. The SMILES string of the molecule is Cc1oc(-c2ccsc2)nc1CC(=O)N(C)[C@H](C)c1ccncc1. The van der Waals surface area contributed by atoms with Gasteiger partial charge in [0.25, 0.3) is 0 Å². The molecule has 0 spiro atoms. The lowest BCUT2D eigenvalue weighted by atomic mass is 10.1. The summed E-state index contributed by atoms with van der Waals surface area (Å²) >= 11 is 1.59. The van der Waals surface area contributed by atoms with Crippen molar-refractivity contribution < 1.29 is 9.21 Å². The molecule has 0 unspecified atom stereocenters. The van der Waals surface area contributed by atoms with Crippen LogP contribution in [0.5, 0.6) is 0 Å². The van der Waals surface area contributed by atoms with Crippen molar-refractivity contribution in [3.05, 3.63) is 58.4 Å². The number of rotatable bonds is 5. The van der Waals surface area contributed by atoms with Crippen molar-refractivity contribution in [2.24, 2.45) is 0 Å². The van der Waals surface area contributed by atoms with Gasteiger partial charge in [-0.2, -0.15) is 11.3 Å². The molecule has 0 aliphatic rings. The molecule has 0 fully saturated rings. The van der Waals surface area contributed by atoms with Gasteiger partial charge in [-0.1, -0.05) is 0 Å². The molecule has 3 rings (SSSR count). The van der Waals surface area contributed by atoms with Gasteiger partial charge in [0.1, 0.15) is 5.76 Å². The van der Waals surface area contributed by atoms with Gasteiger partial charge < -0.3 is 9.32 Å². The Kier molecular flexibility index (Phi) is 4.76. The summed E-state index contributed by atoms with van der Waals surface area (Å²) in [6.45, 7) is 3.84. The molecule has 0 bridgehead atoms. The van der Waals surface area contributed by atoms with E-state index in [4.69, 9.17) is 4.42 Å². The van der Waals surface area contributed by atoms with E-state index in [0.717, 1.165) is 11.1 Å². The first-order valence-electron chi connectivity index (χ1n) is 7.70. The highest BCUT2D eigenvalue weighted by atomic mass is 32.1. The minimum atomic E-state index is -0.0240. The molecular weight excluding hydrogens is 322 g/mol. The average molecular weight is 341 g/mol. The number of aryl methyl sites for hydroxylation is 1. The fourth-order valence-corrected chi connectivity index (χ4v) is 3.08. The first-order chi connectivity index (χ1) is 11.6. The van der Waals surface area contributed by atoms with E-state index in [2.05, 4.69) is 9.97 Å². The molecule has 0 aliphatic carbocycles. The van der Waals surface area contributed by atoms with Crippen molar-refractivity contribution >= 4 is 17.2 Å². The third-order valence-electron chi connectivity index (χ3n) is 4.14. The number of aromatic nitrogens is 2. The molecule has 0 saturated heterocycles. The lowest BCUT2D eigenvalue weighted by molar-refractivity contribution is -0.131. The molecular formula is C18H19N3O2S. The largest absolute Gasteiger partial charge is 0.441 e.